The molecule has 0 aliphatic heterocycles. The summed E-state index contributed by atoms with van der Waals surface area (Å²) in [5.41, 5.74) is 0.217. The van der Waals surface area contributed by atoms with Crippen LogP contribution >= 0.6 is 11.6 Å². The molecule has 0 saturated carbocycles. The lowest BCUT2D eigenvalue weighted by Gasteiger charge is -2.17. The molecule has 0 heterocycles. The summed E-state index contributed by atoms with van der Waals surface area (Å²) in [5, 5.41) is 2.70. The van der Waals surface area contributed by atoms with Gasteiger partial charge in [0.05, 0.1) is 17.1 Å². The predicted molar refractivity (Wildman–Crippen MR) is 70.8 cm³/mol. The lowest BCUT2D eigenvalue weighted by Crippen LogP contribution is -2.35. The minimum atomic E-state index is -0.502. The normalized spacial score (nSPS) is 10.8. The second-order valence-electron chi connectivity index (χ2n) is 3.67. The Kier molecular flexibility index (Phi) is 6.77. The van der Waals surface area contributed by atoms with E-state index in [0.29, 0.717) is 13.2 Å². The van der Waals surface area contributed by atoms with Crippen LogP contribution in [0.2, 0.25) is 5.02 Å². The second-order valence-corrected chi connectivity index (χ2v) is 4.08. The van der Waals surface area contributed by atoms with Gasteiger partial charge in [-0.3, -0.25) is 4.79 Å². The van der Waals surface area contributed by atoms with Crippen molar-refractivity contribution in [2.45, 2.75) is 20.1 Å². The van der Waals surface area contributed by atoms with Crippen LogP contribution in [0, 0.1) is 5.82 Å². The fourth-order valence-corrected chi connectivity index (χ4v) is 1.74. The van der Waals surface area contributed by atoms with Crippen molar-refractivity contribution in [2.24, 2.45) is 0 Å². The van der Waals surface area contributed by atoms with Gasteiger partial charge in [0.15, 0.2) is 6.29 Å². The quantitative estimate of drug-likeness (QED) is 0.785. The first-order valence-electron chi connectivity index (χ1n) is 6.04. The minimum absolute atomic E-state index is 0.0712. The fourth-order valence-electron chi connectivity index (χ4n) is 1.48. The van der Waals surface area contributed by atoms with E-state index >= 15 is 0 Å². The number of amides is 1. The number of benzene rings is 1. The highest BCUT2D eigenvalue weighted by Crippen LogP contribution is 2.16. The van der Waals surface area contributed by atoms with Gasteiger partial charge in [-0.1, -0.05) is 11.6 Å². The maximum Gasteiger partial charge on any atom is 0.252 e. The van der Waals surface area contributed by atoms with Gasteiger partial charge in [0.25, 0.3) is 5.91 Å². The SMILES string of the molecule is CCOC(CNC(=O)c1ccc(F)cc1Cl)OCC. The van der Waals surface area contributed by atoms with E-state index in [1.54, 1.807) is 0 Å². The summed E-state index contributed by atoms with van der Waals surface area (Å²) in [5.74, 6) is -0.877. The Balaban J connectivity index is 2.58. The molecule has 0 spiro atoms. The fraction of sp³-hybridized carbons (Fsp3) is 0.462. The molecule has 19 heavy (non-hydrogen) atoms. The molecule has 0 unspecified atom stereocenters. The molecule has 1 rings (SSSR count). The summed E-state index contributed by atoms with van der Waals surface area (Å²) in [6, 6.07) is 3.62. The lowest BCUT2D eigenvalue weighted by atomic mass is 10.2. The summed E-state index contributed by atoms with van der Waals surface area (Å²) < 4.78 is 23.4. The Morgan fingerprint density at radius 3 is 2.53 bits per heavy atom. The van der Waals surface area contributed by atoms with Gasteiger partial charge in [0.2, 0.25) is 0 Å². The molecule has 1 aromatic carbocycles. The highest BCUT2D eigenvalue weighted by atomic mass is 35.5. The summed E-state index contributed by atoms with van der Waals surface area (Å²) in [7, 11) is 0. The molecule has 0 radical (unpaired) electrons. The van der Waals surface area contributed by atoms with E-state index in [1.165, 1.54) is 12.1 Å². The van der Waals surface area contributed by atoms with Gasteiger partial charge >= 0.3 is 0 Å². The number of rotatable bonds is 7. The number of hydrogen-bond acceptors (Lipinski definition) is 3. The zero-order chi connectivity index (χ0) is 14.3. The summed E-state index contributed by atoms with van der Waals surface area (Å²) >= 11 is 5.80. The average molecular weight is 290 g/mol. The van der Waals surface area contributed by atoms with Crippen LogP contribution in [0.25, 0.3) is 0 Å². The van der Waals surface area contributed by atoms with E-state index in [-0.39, 0.29) is 17.1 Å². The third kappa shape index (κ3) is 5.14. The van der Waals surface area contributed by atoms with Crippen molar-refractivity contribution < 1.29 is 18.7 Å². The zero-order valence-corrected chi connectivity index (χ0v) is 11.7. The topological polar surface area (TPSA) is 47.6 Å². The van der Waals surface area contributed by atoms with Crippen molar-refractivity contribution in [1.29, 1.82) is 0 Å². The van der Waals surface area contributed by atoms with Gasteiger partial charge in [-0.2, -0.15) is 0 Å². The van der Waals surface area contributed by atoms with Gasteiger partial charge < -0.3 is 14.8 Å². The predicted octanol–water partition coefficient (Wildman–Crippen LogP) is 2.61. The molecule has 4 nitrogen and oxygen atoms in total. The number of halogens is 2. The van der Waals surface area contributed by atoms with E-state index in [1.807, 2.05) is 13.8 Å². The van der Waals surface area contributed by atoms with Crippen LogP contribution in [-0.2, 0) is 9.47 Å². The molecular formula is C13H17ClFNO3. The molecule has 106 valence electrons. The Morgan fingerprint density at radius 1 is 1.37 bits per heavy atom. The standard InChI is InChI=1S/C13H17ClFNO3/c1-3-18-12(19-4-2)8-16-13(17)10-6-5-9(15)7-11(10)14/h5-7,12H,3-4,8H2,1-2H3,(H,16,17). The van der Waals surface area contributed by atoms with Crippen molar-refractivity contribution in [1.82, 2.24) is 5.32 Å². The van der Waals surface area contributed by atoms with E-state index in [4.69, 9.17) is 21.1 Å². The molecule has 1 N–H and O–H groups in total. The summed E-state index contributed by atoms with van der Waals surface area (Å²) in [4.78, 5) is 11.9. The average Bonchev–Trinajstić information content (AvgIpc) is 2.36. The molecule has 1 aromatic rings. The molecule has 0 bridgehead atoms. The van der Waals surface area contributed by atoms with Gasteiger partial charge in [0, 0.05) is 13.2 Å². The third-order valence-electron chi connectivity index (χ3n) is 2.31. The van der Waals surface area contributed by atoms with E-state index in [2.05, 4.69) is 5.32 Å². The van der Waals surface area contributed by atoms with Gasteiger partial charge in [-0.25, -0.2) is 4.39 Å². The third-order valence-corrected chi connectivity index (χ3v) is 2.62. The highest BCUT2D eigenvalue weighted by molar-refractivity contribution is 6.33. The van der Waals surface area contributed by atoms with Crippen LogP contribution in [0.1, 0.15) is 24.2 Å². The Hall–Kier alpha value is -1.17. The van der Waals surface area contributed by atoms with Crippen molar-refractivity contribution >= 4 is 17.5 Å². The van der Waals surface area contributed by atoms with Crippen molar-refractivity contribution in [3.8, 4) is 0 Å². The number of carbonyl (C=O) groups is 1. The van der Waals surface area contributed by atoms with Gasteiger partial charge in [-0.05, 0) is 32.0 Å². The van der Waals surface area contributed by atoms with E-state index < -0.39 is 18.0 Å². The van der Waals surface area contributed by atoms with E-state index in [9.17, 15) is 9.18 Å². The molecule has 0 aliphatic rings. The second kappa shape index (κ2) is 8.09. The minimum Gasteiger partial charge on any atom is -0.351 e. The van der Waals surface area contributed by atoms with Crippen molar-refractivity contribution in [2.75, 3.05) is 19.8 Å². The first-order chi connectivity index (χ1) is 9.08. The molecule has 6 heteroatoms. The largest absolute Gasteiger partial charge is 0.351 e. The molecule has 0 fully saturated rings. The number of hydrogen-bond donors (Lipinski definition) is 1. The molecule has 0 aromatic heterocycles. The summed E-state index contributed by atoms with van der Waals surface area (Å²) in [6.45, 7) is 4.85. The highest BCUT2D eigenvalue weighted by Gasteiger charge is 2.14. The number of carbonyl (C=O) groups excluding carboxylic acids is 1. The van der Waals surface area contributed by atoms with Crippen LogP contribution in [0.15, 0.2) is 18.2 Å². The van der Waals surface area contributed by atoms with Crippen LogP contribution < -0.4 is 5.32 Å². The molecular weight excluding hydrogens is 273 g/mol. The Labute approximate surface area is 116 Å². The molecule has 1 amide bonds. The zero-order valence-electron chi connectivity index (χ0n) is 10.9. The maximum atomic E-state index is 12.9. The molecule has 0 saturated heterocycles. The van der Waals surface area contributed by atoms with Crippen LogP contribution in [0.5, 0.6) is 0 Å². The first kappa shape index (κ1) is 15.9. The number of nitrogens with one attached hydrogen (secondary N) is 1. The van der Waals surface area contributed by atoms with Crippen molar-refractivity contribution in [3.63, 3.8) is 0 Å². The maximum absolute atomic E-state index is 12.9. The van der Waals surface area contributed by atoms with Crippen LogP contribution in [-0.4, -0.2) is 32.0 Å². The molecule has 0 aliphatic carbocycles. The lowest BCUT2D eigenvalue weighted by molar-refractivity contribution is -0.131. The molecule has 0 atom stereocenters. The van der Waals surface area contributed by atoms with Gasteiger partial charge in [-0.15, -0.1) is 0 Å². The Morgan fingerprint density at radius 2 is 2.00 bits per heavy atom. The monoisotopic (exact) mass is 289 g/mol. The Bertz CT molecular complexity index is 422. The summed E-state index contributed by atoms with van der Waals surface area (Å²) in [6.07, 6.45) is -0.502. The van der Waals surface area contributed by atoms with Crippen LogP contribution in [0.3, 0.4) is 0 Å². The smallest absolute Gasteiger partial charge is 0.252 e. The number of ether oxygens (including phenoxy) is 2. The first-order valence-corrected chi connectivity index (χ1v) is 6.42. The van der Waals surface area contributed by atoms with Gasteiger partial charge in [0.1, 0.15) is 5.82 Å². The van der Waals surface area contributed by atoms with E-state index in [0.717, 1.165) is 6.07 Å². The van der Waals surface area contributed by atoms with Crippen molar-refractivity contribution in [3.05, 3.63) is 34.6 Å². The van der Waals surface area contributed by atoms with Crippen LogP contribution in [0.4, 0.5) is 4.39 Å².